The van der Waals surface area contributed by atoms with Gasteiger partial charge < -0.3 is 9.30 Å². The van der Waals surface area contributed by atoms with Crippen molar-refractivity contribution in [3.63, 3.8) is 0 Å². The van der Waals surface area contributed by atoms with Crippen LogP contribution in [0.4, 0.5) is 13.2 Å². The normalized spacial score (nSPS) is 11.6. The number of aryl methyl sites for hydroxylation is 1. The number of alkyl halides is 3. The number of rotatable bonds is 5. The van der Waals surface area contributed by atoms with E-state index in [1.807, 2.05) is 35.9 Å². The predicted octanol–water partition coefficient (Wildman–Crippen LogP) is 4.51. The lowest BCUT2D eigenvalue weighted by molar-refractivity contribution is -0.137. The summed E-state index contributed by atoms with van der Waals surface area (Å²) in [5, 5.41) is 8.27. The zero-order valence-corrected chi connectivity index (χ0v) is 16.3. The molecule has 0 atom stereocenters. The molecule has 2 aromatic heterocycles. The largest absolute Gasteiger partial charge is 0.495 e. The summed E-state index contributed by atoms with van der Waals surface area (Å²) in [6, 6.07) is 10.7. The van der Waals surface area contributed by atoms with Gasteiger partial charge in [-0.3, -0.25) is 0 Å². The van der Waals surface area contributed by atoms with Crippen LogP contribution in [0.25, 0.3) is 16.9 Å². The van der Waals surface area contributed by atoms with Crippen LogP contribution in [-0.2, 0) is 12.7 Å². The maximum absolute atomic E-state index is 12.7. The van der Waals surface area contributed by atoms with Gasteiger partial charge in [-0.2, -0.15) is 13.2 Å². The van der Waals surface area contributed by atoms with Crippen LogP contribution >= 0.6 is 0 Å². The van der Waals surface area contributed by atoms with Gasteiger partial charge in [-0.15, -0.1) is 5.10 Å². The average molecular weight is 413 g/mol. The number of ether oxygens (including phenoxy) is 1. The summed E-state index contributed by atoms with van der Waals surface area (Å²) in [4.78, 5) is 4.23. The fourth-order valence-electron chi connectivity index (χ4n) is 3.10. The monoisotopic (exact) mass is 413 g/mol. The Morgan fingerprint density at radius 2 is 1.80 bits per heavy atom. The Labute approximate surface area is 170 Å². The highest BCUT2D eigenvalue weighted by molar-refractivity contribution is 5.64. The summed E-state index contributed by atoms with van der Waals surface area (Å²) in [6.45, 7) is 2.22. The number of imidazole rings is 1. The number of methoxy groups -OCH3 is 1. The second kappa shape index (κ2) is 7.66. The standard InChI is InChI=1S/C21H18F3N5O/c1-14-10-28(13-25-14)19-8-5-16(9-20(19)30-2)18-12-29(27-26-18)11-15-3-6-17(7-4-15)21(22,23)24/h3-10,12-13H,11H2,1-2H3. The van der Waals surface area contributed by atoms with E-state index in [2.05, 4.69) is 15.3 Å². The molecule has 6 nitrogen and oxygen atoms in total. The highest BCUT2D eigenvalue weighted by Crippen LogP contribution is 2.30. The first-order chi connectivity index (χ1) is 14.3. The smallest absolute Gasteiger partial charge is 0.416 e. The van der Waals surface area contributed by atoms with Crippen molar-refractivity contribution >= 4 is 0 Å². The summed E-state index contributed by atoms with van der Waals surface area (Å²) in [7, 11) is 1.59. The van der Waals surface area contributed by atoms with Crippen molar-refractivity contribution < 1.29 is 17.9 Å². The quantitative estimate of drug-likeness (QED) is 0.483. The van der Waals surface area contributed by atoms with Gasteiger partial charge in [-0.25, -0.2) is 9.67 Å². The van der Waals surface area contributed by atoms with Gasteiger partial charge in [0.25, 0.3) is 0 Å². The van der Waals surface area contributed by atoms with Gasteiger partial charge in [0.2, 0.25) is 0 Å². The molecule has 2 aromatic carbocycles. The Kier molecular flexibility index (Phi) is 5.03. The number of hydrogen-bond acceptors (Lipinski definition) is 4. The SMILES string of the molecule is COc1cc(-c2cn(Cc3ccc(C(F)(F)F)cc3)nn2)ccc1-n1cnc(C)c1. The molecule has 30 heavy (non-hydrogen) atoms. The van der Waals surface area contributed by atoms with E-state index in [4.69, 9.17) is 4.74 Å². The third-order valence-electron chi connectivity index (χ3n) is 4.63. The summed E-state index contributed by atoms with van der Waals surface area (Å²) in [5.41, 5.74) is 3.21. The lowest BCUT2D eigenvalue weighted by Gasteiger charge is -2.10. The molecule has 0 amide bonds. The molecule has 4 aromatic rings. The maximum atomic E-state index is 12.7. The number of halogens is 3. The molecule has 0 saturated heterocycles. The van der Waals surface area contributed by atoms with Crippen molar-refractivity contribution in [2.75, 3.05) is 7.11 Å². The molecule has 0 unspecified atom stereocenters. The molecule has 0 saturated carbocycles. The molecule has 0 aliphatic rings. The molecule has 154 valence electrons. The fourth-order valence-corrected chi connectivity index (χ4v) is 3.10. The van der Waals surface area contributed by atoms with E-state index in [0.29, 0.717) is 23.6 Å². The molecule has 0 fully saturated rings. The molecule has 0 bridgehead atoms. The van der Waals surface area contributed by atoms with Crippen LogP contribution < -0.4 is 4.74 Å². The van der Waals surface area contributed by atoms with Gasteiger partial charge in [-0.1, -0.05) is 23.4 Å². The molecule has 0 N–H and O–H groups in total. The lowest BCUT2D eigenvalue weighted by atomic mass is 10.1. The van der Waals surface area contributed by atoms with Crippen LogP contribution in [0.3, 0.4) is 0 Å². The topological polar surface area (TPSA) is 57.8 Å². The Morgan fingerprint density at radius 3 is 2.43 bits per heavy atom. The van der Waals surface area contributed by atoms with Crippen LogP contribution in [0.15, 0.2) is 61.2 Å². The minimum Gasteiger partial charge on any atom is -0.495 e. The summed E-state index contributed by atoms with van der Waals surface area (Å²) < 4.78 is 47.1. The van der Waals surface area contributed by atoms with Crippen LogP contribution in [0.5, 0.6) is 5.75 Å². The molecule has 2 heterocycles. The zero-order valence-electron chi connectivity index (χ0n) is 16.3. The van der Waals surface area contributed by atoms with E-state index in [-0.39, 0.29) is 0 Å². The molecular formula is C21H18F3N5O. The molecule has 9 heteroatoms. The van der Waals surface area contributed by atoms with E-state index in [0.717, 1.165) is 29.1 Å². The van der Waals surface area contributed by atoms with Crippen LogP contribution in [0, 0.1) is 6.92 Å². The molecule has 0 aliphatic heterocycles. The highest BCUT2D eigenvalue weighted by atomic mass is 19.4. The lowest BCUT2D eigenvalue weighted by Crippen LogP contribution is -2.05. The Morgan fingerprint density at radius 1 is 1.03 bits per heavy atom. The Bertz CT molecular complexity index is 1160. The van der Waals surface area contributed by atoms with Gasteiger partial charge in [0.15, 0.2) is 0 Å². The van der Waals surface area contributed by atoms with Crippen molar-refractivity contribution in [1.82, 2.24) is 24.5 Å². The summed E-state index contributed by atoms with van der Waals surface area (Å²) in [5.74, 6) is 0.655. The second-order valence-corrected chi connectivity index (χ2v) is 6.80. The zero-order chi connectivity index (χ0) is 21.3. The maximum Gasteiger partial charge on any atom is 0.416 e. The predicted molar refractivity (Wildman–Crippen MR) is 104 cm³/mol. The van der Waals surface area contributed by atoms with Gasteiger partial charge in [0.1, 0.15) is 11.4 Å². The van der Waals surface area contributed by atoms with Crippen molar-refractivity contribution in [3.05, 3.63) is 78.0 Å². The third kappa shape index (κ3) is 4.05. The second-order valence-electron chi connectivity index (χ2n) is 6.80. The van der Waals surface area contributed by atoms with Crippen molar-refractivity contribution in [3.8, 4) is 22.7 Å². The van der Waals surface area contributed by atoms with Gasteiger partial charge in [0.05, 0.1) is 43.1 Å². The third-order valence-corrected chi connectivity index (χ3v) is 4.63. The average Bonchev–Trinajstić information content (AvgIpc) is 3.36. The molecule has 0 aliphatic carbocycles. The minimum atomic E-state index is -4.35. The number of benzene rings is 2. The molecule has 0 radical (unpaired) electrons. The Balaban J connectivity index is 1.55. The molecule has 0 spiro atoms. The van der Waals surface area contributed by atoms with Gasteiger partial charge in [0, 0.05) is 11.8 Å². The molecular weight excluding hydrogens is 395 g/mol. The summed E-state index contributed by atoms with van der Waals surface area (Å²) >= 11 is 0. The van der Waals surface area contributed by atoms with E-state index >= 15 is 0 Å². The summed E-state index contributed by atoms with van der Waals surface area (Å²) in [6.07, 6.45) is 1.01. The number of aromatic nitrogens is 5. The van der Waals surface area contributed by atoms with Crippen LogP contribution in [0.1, 0.15) is 16.8 Å². The highest BCUT2D eigenvalue weighted by Gasteiger charge is 2.29. The van der Waals surface area contributed by atoms with Crippen molar-refractivity contribution in [2.45, 2.75) is 19.6 Å². The van der Waals surface area contributed by atoms with E-state index in [1.54, 1.807) is 24.3 Å². The first-order valence-corrected chi connectivity index (χ1v) is 9.09. The number of hydrogen-bond donors (Lipinski definition) is 0. The van der Waals surface area contributed by atoms with Crippen LogP contribution in [0.2, 0.25) is 0 Å². The van der Waals surface area contributed by atoms with Gasteiger partial charge in [-0.05, 0) is 36.8 Å². The fraction of sp³-hybridized carbons (Fsp3) is 0.190. The Hall–Kier alpha value is -3.62. The number of nitrogens with zero attached hydrogens (tertiary/aromatic N) is 5. The molecule has 4 rings (SSSR count). The minimum absolute atomic E-state index is 0.314. The van der Waals surface area contributed by atoms with Crippen molar-refractivity contribution in [1.29, 1.82) is 0 Å². The van der Waals surface area contributed by atoms with E-state index < -0.39 is 11.7 Å². The van der Waals surface area contributed by atoms with E-state index in [1.165, 1.54) is 12.1 Å². The van der Waals surface area contributed by atoms with Crippen LogP contribution in [-0.4, -0.2) is 31.7 Å². The van der Waals surface area contributed by atoms with Gasteiger partial charge >= 0.3 is 6.18 Å². The first-order valence-electron chi connectivity index (χ1n) is 9.09. The van der Waals surface area contributed by atoms with Crippen molar-refractivity contribution in [2.24, 2.45) is 0 Å². The van der Waals surface area contributed by atoms with E-state index in [9.17, 15) is 13.2 Å². The first kappa shape index (κ1) is 19.7.